The minimum absolute atomic E-state index is 0.0442. The molecule has 4 aromatic rings. The molecule has 4 nitrogen and oxygen atoms in total. The second-order valence-corrected chi connectivity index (χ2v) is 9.57. The van der Waals surface area contributed by atoms with E-state index in [0.717, 1.165) is 40.6 Å². The summed E-state index contributed by atoms with van der Waals surface area (Å²) < 4.78 is 0. The van der Waals surface area contributed by atoms with Gasteiger partial charge in [-0.3, -0.25) is 9.78 Å². The number of carbonyl (C=O) groups is 1. The number of amides is 1. The molecular formula is C31H33N3O. The van der Waals surface area contributed by atoms with Crippen molar-refractivity contribution in [3.05, 3.63) is 102 Å². The van der Waals surface area contributed by atoms with Gasteiger partial charge in [0.1, 0.15) is 0 Å². The van der Waals surface area contributed by atoms with E-state index in [1.165, 1.54) is 18.4 Å². The molecule has 1 amide bonds. The standard InChI is InChI=1S/C31H33N3O/c1-2-22-14-17-29(33-21-22)31(27-18-19-32-28-11-7-6-10-26(27)28)34-30(35)20-23-12-15-25(16-13-23)24-8-4-3-5-9-24/h3-13,15-16,18-19,22,29,31,33H,2,14,17,20-21H2,1H3,(H,34,35). The monoisotopic (exact) mass is 463 g/mol. The molecule has 0 aliphatic carbocycles. The maximum absolute atomic E-state index is 13.3. The first kappa shape index (κ1) is 23.3. The SMILES string of the molecule is CCC1CCC(C(NC(=O)Cc2ccc(-c3ccccc3)cc2)c2ccnc3ccccc23)NC1. The Morgan fingerprint density at radius 1 is 0.943 bits per heavy atom. The Labute approximate surface area is 207 Å². The zero-order valence-corrected chi connectivity index (χ0v) is 20.3. The van der Waals surface area contributed by atoms with Crippen LogP contribution in [0.5, 0.6) is 0 Å². The van der Waals surface area contributed by atoms with Crippen LogP contribution in [0.2, 0.25) is 0 Å². The van der Waals surface area contributed by atoms with Crippen LogP contribution in [0.25, 0.3) is 22.0 Å². The fourth-order valence-electron chi connectivity index (χ4n) is 5.21. The van der Waals surface area contributed by atoms with Crippen LogP contribution >= 0.6 is 0 Å². The first-order valence-electron chi connectivity index (χ1n) is 12.7. The highest BCUT2D eigenvalue weighted by Crippen LogP contribution is 2.30. The van der Waals surface area contributed by atoms with Crippen molar-refractivity contribution in [2.24, 2.45) is 5.92 Å². The van der Waals surface area contributed by atoms with Crippen LogP contribution in [0.3, 0.4) is 0 Å². The van der Waals surface area contributed by atoms with Gasteiger partial charge < -0.3 is 10.6 Å². The third kappa shape index (κ3) is 5.44. The van der Waals surface area contributed by atoms with Gasteiger partial charge in [0.15, 0.2) is 0 Å². The van der Waals surface area contributed by atoms with Gasteiger partial charge in [0, 0.05) is 17.6 Å². The normalized spacial score (nSPS) is 18.8. The predicted molar refractivity (Wildman–Crippen MR) is 143 cm³/mol. The Kier molecular flexibility index (Phi) is 7.20. The van der Waals surface area contributed by atoms with Gasteiger partial charge in [-0.15, -0.1) is 0 Å². The smallest absolute Gasteiger partial charge is 0.224 e. The summed E-state index contributed by atoms with van der Waals surface area (Å²) >= 11 is 0. The zero-order chi connectivity index (χ0) is 24.0. The van der Waals surface area contributed by atoms with E-state index in [4.69, 9.17) is 0 Å². The number of para-hydroxylation sites is 1. The molecule has 5 rings (SSSR count). The third-order valence-electron chi connectivity index (χ3n) is 7.29. The second kappa shape index (κ2) is 10.8. The van der Waals surface area contributed by atoms with Gasteiger partial charge in [-0.25, -0.2) is 0 Å². The first-order chi connectivity index (χ1) is 17.2. The molecule has 3 aromatic carbocycles. The Balaban J connectivity index is 1.36. The van der Waals surface area contributed by atoms with E-state index in [1.54, 1.807) is 0 Å². The summed E-state index contributed by atoms with van der Waals surface area (Å²) in [6, 6.07) is 29.0. The molecule has 35 heavy (non-hydrogen) atoms. The molecule has 0 bridgehead atoms. The van der Waals surface area contributed by atoms with E-state index in [0.29, 0.717) is 12.3 Å². The molecule has 4 heteroatoms. The van der Waals surface area contributed by atoms with Crippen molar-refractivity contribution in [3.63, 3.8) is 0 Å². The predicted octanol–water partition coefficient (Wildman–Crippen LogP) is 6.08. The van der Waals surface area contributed by atoms with E-state index in [1.807, 2.05) is 42.6 Å². The molecule has 3 atom stereocenters. The lowest BCUT2D eigenvalue weighted by atomic mass is 9.86. The number of pyridine rings is 1. The molecule has 1 aliphatic rings. The molecule has 0 saturated carbocycles. The topological polar surface area (TPSA) is 54.0 Å². The van der Waals surface area contributed by atoms with Gasteiger partial charge in [0.05, 0.1) is 18.0 Å². The van der Waals surface area contributed by atoms with Gasteiger partial charge in [0.25, 0.3) is 0 Å². The zero-order valence-electron chi connectivity index (χ0n) is 20.3. The lowest BCUT2D eigenvalue weighted by Crippen LogP contribution is -2.48. The van der Waals surface area contributed by atoms with E-state index >= 15 is 0 Å². The van der Waals surface area contributed by atoms with Crippen molar-refractivity contribution in [3.8, 4) is 11.1 Å². The van der Waals surface area contributed by atoms with Crippen molar-refractivity contribution in [1.29, 1.82) is 0 Å². The average Bonchev–Trinajstić information content (AvgIpc) is 2.92. The highest BCUT2D eigenvalue weighted by atomic mass is 16.1. The van der Waals surface area contributed by atoms with Gasteiger partial charge in [-0.2, -0.15) is 0 Å². The number of benzene rings is 3. The molecule has 3 unspecified atom stereocenters. The summed E-state index contributed by atoms with van der Waals surface area (Å²) in [5.41, 5.74) is 5.46. The third-order valence-corrected chi connectivity index (χ3v) is 7.29. The maximum atomic E-state index is 13.3. The molecule has 2 N–H and O–H groups in total. The van der Waals surface area contributed by atoms with Crippen LogP contribution in [0.1, 0.15) is 43.4 Å². The molecule has 1 aliphatic heterocycles. The summed E-state index contributed by atoms with van der Waals surface area (Å²) in [5, 5.41) is 8.24. The van der Waals surface area contributed by atoms with Crippen LogP contribution in [-0.2, 0) is 11.2 Å². The van der Waals surface area contributed by atoms with E-state index in [-0.39, 0.29) is 18.0 Å². The van der Waals surface area contributed by atoms with Crippen LogP contribution in [0, 0.1) is 5.92 Å². The summed E-state index contributed by atoms with van der Waals surface area (Å²) in [5.74, 6) is 0.752. The van der Waals surface area contributed by atoms with E-state index in [2.05, 4.69) is 71.1 Å². The lowest BCUT2D eigenvalue weighted by Gasteiger charge is -2.36. The highest BCUT2D eigenvalue weighted by Gasteiger charge is 2.30. The molecule has 0 spiro atoms. The summed E-state index contributed by atoms with van der Waals surface area (Å²) in [6.07, 6.45) is 5.64. The van der Waals surface area contributed by atoms with Crippen molar-refractivity contribution in [2.75, 3.05) is 6.54 Å². The fourth-order valence-corrected chi connectivity index (χ4v) is 5.21. The number of hydrogen-bond donors (Lipinski definition) is 2. The molecule has 1 saturated heterocycles. The lowest BCUT2D eigenvalue weighted by molar-refractivity contribution is -0.121. The number of rotatable bonds is 7. The van der Waals surface area contributed by atoms with Gasteiger partial charge in [-0.05, 0) is 59.7 Å². The number of nitrogens with zero attached hydrogens (tertiary/aromatic N) is 1. The van der Waals surface area contributed by atoms with Crippen molar-refractivity contribution < 1.29 is 4.79 Å². The summed E-state index contributed by atoms with van der Waals surface area (Å²) in [6.45, 7) is 3.25. The van der Waals surface area contributed by atoms with Gasteiger partial charge in [-0.1, -0.05) is 86.1 Å². The van der Waals surface area contributed by atoms with E-state index < -0.39 is 0 Å². The minimum Gasteiger partial charge on any atom is -0.347 e. The van der Waals surface area contributed by atoms with Crippen LogP contribution in [0.15, 0.2) is 91.1 Å². The minimum atomic E-state index is -0.100. The Morgan fingerprint density at radius 2 is 1.69 bits per heavy atom. The molecule has 0 radical (unpaired) electrons. The number of nitrogens with one attached hydrogen (secondary N) is 2. The van der Waals surface area contributed by atoms with Crippen LogP contribution in [0.4, 0.5) is 0 Å². The molecule has 1 aromatic heterocycles. The summed E-state index contributed by atoms with van der Waals surface area (Å²) in [7, 11) is 0. The van der Waals surface area contributed by atoms with Crippen molar-refractivity contribution in [1.82, 2.24) is 15.6 Å². The number of aromatic nitrogens is 1. The Hall–Kier alpha value is -3.50. The number of hydrogen-bond acceptors (Lipinski definition) is 3. The van der Waals surface area contributed by atoms with Crippen LogP contribution in [-0.4, -0.2) is 23.5 Å². The highest BCUT2D eigenvalue weighted by molar-refractivity contribution is 5.84. The largest absolute Gasteiger partial charge is 0.347 e. The summed E-state index contributed by atoms with van der Waals surface area (Å²) in [4.78, 5) is 17.8. The second-order valence-electron chi connectivity index (χ2n) is 9.57. The van der Waals surface area contributed by atoms with E-state index in [9.17, 15) is 4.79 Å². The molecular weight excluding hydrogens is 430 g/mol. The van der Waals surface area contributed by atoms with Crippen molar-refractivity contribution >= 4 is 16.8 Å². The molecule has 178 valence electrons. The Morgan fingerprint density at radius 3 is 2.43 bits per heavy atom. The Bertz CT molecular complexity index is 1260. The first-order valence-corrected chi connectivity index (χ1v) is 12.7. The maximum Gasteiger partial charge on any atom is 0.224 e. The number of carbonyl (C=O) groups excluding carboxylic acids is 1. The van der Waals surface area contributed by atoms with Gasteiger partial charge >= 0.3 is 0 Å². The fraction of sp³-hybridized carbons (Fsp3) is 0.290. The average molecular weight is 464 g/mol. The molecule has 2 heterocycles. The van der Waals surface area contributed by atoms with Crippen molar-refractivity contribution in [2.45, 2.75) is 44.7 Å². The quantitative estimate of drug-likeness (QED) is 0.349. The number of fused-ring (bicyclic) bond motifs is 1. The van der Waals surface area contributed by atoms with Gasteiger partial charge in [0.2, 0.25) is 5.91 Å². The molecule has 1 fully saturated rings. The number of piperidine rings is 1. The van der Waals surface area contributed by atoms with Crippen LogP contribution < -0.4 is 10.6 Å².